The van der Waals surface area contributed by atoms with Crippen LogP contribution in [0.5, 0.6) is 5.75 Å². The highest BCUT2D eigenvalue weighted by atomic mass is 35.5. The van der Waals surface area contributed by atoms with E-state index in [-0.39, 0.29) is 24.8 Å². The standard InChI is InChI=1S/C20H21Cl2N3O5/c1-20(2,17-14(29-3)9-30-25-17)19(28)23-8-10-6-12(21)16(13(22)7-10)11-4-5-15(26)24-18(11)27/h6-7,9,11H,4-5,8H2,1-3H3,(H,23,28)(H,24,26,27). The van der Waals surface area contributed by atoms with E-state index in [4.69, 9.17) is 32.5 Å². The fourth-order valence-corrected chi connectivity index (χ4v) is 4.14. The van der Waals surface area contributed by atoms with Gasteiger partial charge in [0, 0.05) is 28.6 Å². The minimum Gasteiger partial charge on any atom is -0.491 e. The minimum atomic E-state index is -1.00. The van der Waals surface area contributed by atoms with Crippen molar-refractivity contribution >= 4 is 40.9 Å². The van der Waals surface area contributed by atoms with Crippen molar-refractivity contribution in [1.29, 1.82) is 0 Å². The third kappa shape index (κ3) is 4.29. The van der Waals surface area contributed by atoms with Gasteiger partial charge < -0.3 is 14.6 Å². The van der Waals surface area contributed by atoms with Crippen LogP contribution < -0.4 is 15.4 Å². The first-order valence-corrected chi connectivity index (χ1v) is 9.99. The molecule has 1 aliphatic heterocycles. The Morgan fingerprint density at radius 2 is 2.00 bits per heavy atom. The topological polar surface area (TPSA) is 111 Å². The van der Waals surface area contributed by atoms with Crippen LogP contribution in [-0.4, -0.2) is 30.0 Å². The molecule has 30 heavy (non-hydrogen) atoms. The molecule has 1 aromatic carbocycles. The molecule has 0 spiro atoms. The first-order chi connectivity index (χ1) is 14.1. The van der Waals surface area contributed by atoms with Crippen molar-refractivity contribution in [2.75, 3.05) is 7.11 Å². The number of carbonyl (C=O) groups excluding carboxylic acids is 3. The zero-order valence-corrected chi connectivity index (χ0v) is 18.2. The van der Waals surface area contributed by atoms with Gasteiger partial charge in [0.05, 0.1) is 18.4 Å². The molecule has 8 nitrogen and oxygen atoms in total. The van der Waals surface area contributed by atoms with Gasteiger partial charge in [0.15, 0.2) is 12.0 Å². The Hall–Kier alpha value is -2.58. The Bertz CT molecular complexity index is 979. The molecule has 2 aromatic rings. The molecule has 1 fully saturated rings. The molecule has 1 aromatic heterocycles. The maximum atomic E-state index is 12.8. The van der Waals surface area contributed by atoms with Gasteiger partial charge in [-0.15, -0.1) is 0 Å². The molecule has 1 unspecified atom stereocenters. The number of imide groups is 1. The Morgan fingerprint density at radius 1 is 1.33 bits per heavy atom. The summed E-state index contributed by atoms with van der Waals surface area (Å²) in [5, 5.41) is 9.61. The van der Waals surface area contributed by atoms with E-state index in [2.05, 4.69) is 15.8 Å². The summed E-state index contributed by atoms with van der Waals surface area (Å²) in [6.45, 7) is 3.57. The number of aromatic nitrogens is 1. The number of rotatable bonds is 6. The quantitative estimate of drug-likeness (QED) is 0.650. The predicted octanol–water partition coefficient (Wildman–Crippen LogP) is 3.10. The molecule has 160 valence electrons. The van der Waals surface area contributed by atoms with Crippen LogP contribution in [-0.2, 0) is 26.3 Å². The van der Waals surface area contributed by atoms with E-state index in [9.17, 15) is 14.4 Å². The Balaban J connectivity index is 1.74. The van der Waals surface area contributed by atoms with E-state index in [1.165, 1.54) is 13.4 Å². The molecule has 1 saturated heterocycles. The van der Waals surface area contributed by atoms with Crippen LogP contribution in [0.25, 0.3) is 0 Å². The van der Waals surface area contributed by atoms with E-state index in [1.54, 1.807) is 26.0 Å². The number of nitrogens with one attached hydrogen (secondary N) is 2. The largest absolute Gasteiger partial charge is 0.491 e. The van der Waals surface area contributed by atoms with E-state index in [1.807, 2.05) is 0 Å². The van der Waals surface area contributed by atoms with Gasteiger partial charge in [-0.05, 0) is 38.0 Å². The third-order valence-corrected chi connectivity index (χ3v) is 5.72. The molecular formula is C20H21Cl2N3O5. The Morgan fingerprint density at radius 3 is 2.60 bits per heavy atom. The van der Waals surface area contributed by atoms with Crippen LogP contribution in [0.4, 0.5) is 0 Å². The van der Waals surface area contributed by atoms with Gasteiger partial charge in [0.25, 0.3) is 0 Å². The van der Waals surface area contributed by atoms with Gasteiger partial charge in [-0.2, -0.15) is 0 Å². The number of ether oxygens (including phenoxy) is 1. The lowest BCUT2D eigenvalue weighted by Crippen LogP contribution is -2.40. The summed E-state index contributed by atoms with van der Waals surface area (Å²) >= 11 is 12.8. The van der Waals surface area contributed by atoms with Gasteiger partial charge in [-0.1, -0.05) is 28.4 Å². The maximum Gasteiger partial charge on any atom is 0.234 e. The van der Waals surface area contributed by atoms with Crippen molar-refractivity contribution < 1.29 is 23.6 Å². The van der Waals surface area contributed by atoms with Crippen LogP contribution in [0.15, 0.2) is 22.9 Å². The highest BCUT2D eigenvalue weighted by Crippen LogP contribution is 2.37. The second-order valence-corrected chi connectivity index (χ2v) is 8.33. The molecule has 1 aliphatic rings. The van der Waals surface area contributed by atoms with Gasteiger partial charge in [-0.3, -0.25) is 19.7 Å². The number of hydrogen-bond donors (Lipinski definition) is 2. The van der Waals surface area contributed by atoms with Crippen LogP contribution in [0.2, 0.25) is 10.0 Å². The number of piperidine rings is 1. The molecule has 1 atom stereocenters. The van der Waals surface area contributed by atoms with Crippen LogP contribution in [0.3, 0.4) is 0 Å². The predicted molar refractivity (Wildman–Crippen MR) is 110 cm³/mol. The third-order valence-electron chi connectivity index (χ3n) is 5.10. The summed E-state index contributed by atoms with van der Waals surface area (Å²) < 4.78 is 10.1. The van der Waals surface area contributed by atoms with Gasteiger partial charge >= 0.3 is 0 Å². The van der Waals surface area contributed by atoms with Gasteiger partial charge in [0.1, 0.15) is 5.69 Å². The van der Waals surface area contributed by atoms with E-state index in [0.717, 1.165) is 0 Å². The Kier molecular flexibility index (Phi) is 6.38. The van der Waals surface area contributed by atoms with Crippen molar-refractivity contribution in [2.24, 2.45) is 0 Å². The molecule has 3 amide bonds. The summed E-state index contributed by atoms with van der Waals surface area (Å²) in [6, 6.07) is 3.30. The van der Waals surface area contributed by atoms with Gasteiger partial charge in [-0.25, -0.2) is 0 Å². The van der Waals surface area contributed by atoms with E-state index >= 15 is 0 Å². The molecule has 2 N–H and O–H groups in total. The Labute approximate surface area is 183 Å². The molecule has 2 heterocycles. The number of halogens is 2. The highest BCUT2D eigenvalue weighted by Gasteiger charge is 2.36. The van der Waals surface area contributed by atoms with E-state index < -0.39 is 17.2 Å². The SMILES string of the molecule is COc1conc1C(C)(C)C(=O)NCc1cc(Cl)c(C2CCC(=O)NC2=O)c(Cl)c1. The molecule has 0 saturated carbocycles. The van der Waals surface area contributed by atoms with Gasteiger partial charge in [0.2, 0.25) is 17.7 Å². The number of hydrogen-bond acceptors (Lipinski definition) is 6. The molecule has 3 rings (SSSR count). The summed E-state index contributed by atoms with van der Waals surface area (Å²) in [5.74, 6) is -1.23. The first-order valence-electron chi connectivity index (χ1n) is 9.23. The average Bonchev–Trinajstić information content (AvgIpc) is 3.17. The maximum absolute atomic E-state index is 12.8. The second kappa shape index (κ2) is 8.65. The van der Waals surface area contributed by atoms with Crippen LogP contribution >= 0.6 is 23.2 Å². The number of nitrogens with zero attached hydrogens (tertiary/aromatic N) is 1. The van der Waals surface area contributed by atoms with Crippen molar-refractivity contribution in [2.45, 2.75) is 44.6 Å². The summed E-state index contributed by atoms with van der Waals surface area (Å²) in [7, 11) is 1.47. The average molecular weight is 454 g/mol. The lowest BCUT2D eigenvalue weighted by molar-refractivity contribution is -0.134. The van der Waals surface area contributed by atoms with Crippen molar-refractivity contribution in [1.82, 2.24) is 15.8 Å². The van der Waals surface area contributed by atoms with Crippen LogP contribution in [0.1, 0.15) is 49.4 Å². The zero-order valence-electron chi connectivity index (χ0n) is 16.7. The first kappa shape index (κ1) is 22.1. The number of carbonyl (C=O) groups is 3. The van der Waals surface area contributed by atoms with Crippen molar-refractivity contribution in [3.05, 3.63) is 45.3 Å². The molecule has 10 heteroatoms. The monoisotopic (exact) mass is 453 g/mol. The molecule has 0 aliphatic carbocycles. The van der Waals surface area contributed by atoms with Crippen molar-refractivity contribution in [3.8, 4) is 5.75 Å². The number of amides is 3. The lowest BCUT2D eigenvalue weighted by Gasteiger charge is -2.24. The fourth-order valence-electron chi connectivity index (χ4n) is 3.35. The number of benzene rings is 1. The van der Waals surface area contributed by atoms with Crippen LogP contribution in [0, 0.1) is 0 Å². The lowest BCUT2D eigenvalue weighted by atomic mass is 9.87. The molecular weight excluding hydrogens is 433 g/mol. The summed E-state index contributed by atoms with van der Waals surface area (Å²) in [6.07, 6.45) is 1.90. The zero-order chi connectivity index (χ0) is 22.1. The summed E-state index contributed by atoms with van der Waals surface area (Å²) in [5.41, 5.74) is 0.522. The normalized spacial score (nSPS) is 16.9. The minimum absolute atomic E-state index is 0.164. The molecule has 0 radical (unpaired) electrons. The highest BCUT2D eigenvalue weighted by molar-refractivity contribution is 6.36. The van der Waals surface area contributed by atoms with E-state index in [0.29, 0.717) is 39.0 Å². The smallest absolute Gasteiger partial charge is 0.234 e. The molecule has 0 bridgehead atoms. The van der Waals surface area contributed by atoms with Crippen molar-refractivity contribution in [3.63, 3.8) is 0 Å². The number of methoxy groups -OCH3 is 1. The summed E-state index contributed by atoms with van der Waals surface area (Å²) in [4.78, 5) is 36.3. The second-order valence-electron chi connectivity index (χ2n) is 7.52. The fraction of sp³-hybridized carbons (Fsp3) is 0.400.